The maximum atomic E-state index is 3.92. The maximum Gasteiger partial charge on any atom is 0.0100 e. The van der Waals surface area contributed by atoms with Gasteiger partial charge in [0.2, 0.25) is 0 Å². The van der Waals surface area contributed by atoms with Crippen LogP contribution in [-0.4, -0.2) is 37.6 Å². The van der Waals surface area contributed by atoms with Crippen LogP contribution >= 0.6 is 0 Å². The Balaban J connectivity index is 1.81. The molecule has 0 bridgehead atoms. The number of nitrogens with one attached hydrogen (secondary N) is 1. The van der Waals surface area contributed by atoms with Crippen molar-refractivity contribution < 1.29 is 0 Å². The molecule has 1 heterocycles. The summed E-state index contributed by atoms with van der Waals surface area (Å²) in [5.74, 6) is 3.55. The summed E-state index contributed by atoms with van der Waals surface area (Å²) in [5.41, 5.74) is 0. The highest BCUT2D eigenvalue weighted by molar-refractivity contribution is 4.87. The lowest BCUT2D eigenvalue weighted by Gasteiger charge is -2.38. The molecule has 2 nitrogen and oxygen atoms in total. The largest absolute Gasteiger partial charge is 0.313 e. The van der Waals surface area contributed by atoms with Crippen molar-refractivity contribution in [2.75, 3.05) is 26.7 Å². The average molecular weight is 252 g/mol. The first-order valence-electron chi connectivity index (χ1n) is 7.98. The summed E-state index contributed by atoms with van der Waals surface area (Å²) in [6.07, 6.45) is 5.65. The minimum atomic E-state index is 0.777. The summed E-state index contributed by atoms with van der Waals surface area (Å²) >= 11 is 0. The Morgan fingerprint density at radius 2 is 2.00 bits per heavy atom. The number of likely N-dealkylation sites (tertiary alicyclic amines) is 1. The zero-order valence-electron chi connectivity index (χ0n) is 12.8. The van der Waals surface area contributed by atoms with Crippen molar-refractivity contribution in [1.82, 2.24) is 10.2 Å². The first-order valence-corrected chi connectivity index (χ1v) is 7.98. The summed E-state index contributed by atoms with van der Waals surface area (Å²) < 4.78 is 0. The van der Waals surface area contributed by atoms with Gasteiger partial charge >= 0.3 is 0 Å². The molecule has 0 aromatic carbocycles. The van der Waals surface area contributed by atoms with E-state index >= 15 is 0 Å². The van der Waals surface area contributed by atoms with Gasteiger partial charge in [0.1, 0.15) is 0 Å². The van der Waals surface area contributed by atoms with Crippen molar-refractivity contribution in [2.24, 2.45) is 23.7 Å². The van der Waals surface area contributed by atoms with E-state index in [4.69, 9.17) is 0 Å². The van der Waals surface area contributed by atoms with Crippen molar-refractivity contribution in [3.63, 3.8) is 0 Å². The minimum Gasteiger partial charge on any atom is -0.313 e. The summed E-state index contributed by atoms with van der Waals surface area (Å²) in [5, 5.41) is 3.92. The van der Waals surface area contributed by atoms with Crippen LogP contribution < -0.4 is 5.32 Å². The molecule has 2 aliphatic rings. The van der Waals surface area contributed by atoms with E-state index < -0.39 is 0 Å². The van der Waals surface area contributed by atoms with Gasteiger partial charge in [-0.25, -0.2) is 0 Å². The zero-order valence-corrected chi connectivity index (χ0v) is 12.8. The Hall–Kier alpha value is -0.0800. The van der Waals surface area contributed by atoms with E-state index in [9.17, 15) is 0 Å². The van der Waals surface area contributed by atoms with E-state index in [-0.39, 0.29) is 0 Å². The van der Waals surface area contributed by atoms with Crippen molar-refractivity contribution in [3.8, 4) is 0 Å². The smallest absolute Gasteiger partial charge is 0.0100 e. The van der Waals surface area contributed by atoms with Crippen molar-refractivity contribution in [1.29, 1.82) is 0 Å². The van der Waals surface area contributed by atoms with E-state index in [1.807, 2.05) is 0 Å². The van der Waals surface area contributed by atoms with Gasteiger partial charge < -0.3 is 10.2 Å². The standard InChI is InChI=1S/C16H32N2/c1-12(2)15-6-5-13(3)9-16(15)17-10-14-7-8-18(4)11-14/h12-17H,5-11H2,1-4H3. The number of nitrogens with zero attached hydrogens (tertiary/aromatic N) is 1. The quantitative estimate of drug-likeness (QED) is 0.827. The molecule has 0 radical (unpaired) electrons. The molecule has 18 heavy (non-hydrogen) atoms. The number of rotatable bonds is 4. The molecule has 2 fully saturated rings. The molecular formula is C16H32N2. The normalized spacial score (nSPS) is 38.5. The van der Waals surface area contributed by atoms with Crippen molar-refractivity contribution >= 4 is 0 Å². The highest BCUT2D eigenvalue weighted by atomic mass is 15.1. The van der Waals surface area contributed by atoms with E-state index in [0.29, 0.717) is 0 Å². The van der Waals surface area contributed by atoms with Gasteiger partial charge in [-0.2, -0.15) is 0 Å². The van der Waals surface area contributed by atoms with Gasteiger partial charge in [0, 0.05) is 12.6 Å². The molecule has 1 saturated heterocycles. The molecule has 2 rings (SSSR count). The fourth-order valence-corrected chi connectivity index (χ4v) is 3.95. The Kier molecular flexibility index (Phi) is 5.08. The van der Waals surface area contributed by atoms with Gasteiger partial charge in [0.25, 0.3) is 0 Å². The van der Waals surface area contributed by atoms with E-state index in [2.05, 4.69) is 38.0 Å². The first-order chi connectivity index (χ1) is 8.56. The summed E-state index contributed by atoms with van der Waals surface area (Å²) in [7, 11) is 2.25. The van der Waals surface area contributed by atoms with E-state index in [0.717, 1.165) is 29.7 Å². The topological polar surface area (TPSA) is 15.3 Å². The van der Waals surface area contributed by atoms with Crippen LogP contribution in [0.1, 0.15) is 46.5 Å². The molecule has 0 aromatic rings. The van der Waals surface area contributed by atoms with Crippen LogP contribution in [0, 0.1) is 23.7 Å². The van der Waals surface area contributed by atoms with Crippen LogP contribution in [0.5, 0.6) is 0 Å². The van der Waals surface area contributed by atoms with Crippen LogP contribution in [0.4, 0.5) is 0 Å². The molecule has 1 saturated carbocycles. The SMILES string of the molecule is CC1CCC(C(C)C)C(NCC2CCN(C)C2)C1. The summed E-state index contributed by atoms with van der Waals surface area (Å²) in [4.78, 5) is 2.47. The monoisotopic (exact) mass is 252 g/mol. The van der Waals surface area contributed by atoms with Crippen molar-refractivity contribution in [2.45, 2.75) is 52.5 Å². The lowest BCUT2D eigenvalue weighted by Crippen LogP contribution is -2.44. The molecule has 106 valence electrons. The maximum absolute atomic E-state index is 3.92. The summed E-state index contributed by atoms with van der Waals surface area (Å²) in [6.45, 7) is 11.1. The molecule has 1 aliphatic carbocycles. The fourth-order valence-electron chi connectivity index (χ4n) is 3.95. The second-order valence-electron chi connectivity index (χ2n) is 7.26. The minimum absolute atomic E-state index is 0.777. The Morgan fingerprint density at radius 1 is 1.22 bits per heavy atom. The van der Waals surface area contributed by atoms with Gasteiger partial charge in [-0.05, 0) is 63.1 Å². The van der Waals surface area contributed by atoms with Crippen LogP contribution in [0.2, 0.25) is 0 Å². The van der Waals surface area contributed by atoms with Gasteiger partial charge in [-0.15, -0.1) is 0 Å². The van der Waals surface area contributed by atoms with Crippen LogP contribution in [0.25, 0.3) is 0 Å². The predicted octanol–water partition coefficient (Wildman–Crippen LogP) is 2.99. The second-order valence-corrected chi connectivity index (χ2v) is 7.26. The van der Waals surface area contributed by atoms with Gasteiger partial charge in [0.15, 0.2) is 0 Å². The fraction of sp³-hybridized carbons (Fsp3) is 1.00. The molecule has 4 unspecified atom stereocenters. The van der Waals surface area contributed by atoms with Gasteiger partial charge in [-0.1, -0.05) is 27.2 Å². The molecule has 0 spiro atoms. The first kappa shape index (κ1) is 14.3. The molecule has 1 aliphatic heterocycles. The Morgan fingerprint density at radius 3 is 2.61 bits per heavy atom. The zero-order chi connectivity index (χ0) is 13.1. The molecule has 0 amide bonds. The lowest BCUT2D eigenvalue weighted by molar-refractivity contribution is 0.165. The van der Waals surface area contributed by atoms with Crippen molar-refractivity contribution in [3.05, 3.63) is 0 Å². The Labute approximate surface area is 114 Å². The third-order valence-electron chi connectivity index (χ3n) is 5.18. The van der Waals surface area contributed by atoms with Crippen LogP contribution in [0.3, 0.4) is 0 Å². The molecule has 2 heteroatoms. The third-order valence-corrected chi connectivity index (χ3v) is 5.18. The van der Waals surface area contributed by atoms with Gasteiger partial charge in [0.05, 0.1) is 0 Å². The van der Waals surface area contributed by atoms with Gasteiger partial charge in [-0.3, -0.25) is 0 Å². The highest BCUT2D eigenvalue weighted by Crippen LogP contribution is 2.33. The Bertz CT molecular complexity index is 251. The molecule has 1 N–H and O–H groups in total. The lowest BCUT2D eigenvalue weighted by atomic mass is 9.74. The van der Waals surface area contributed by atoms with E-state index in [1.165, 1.54) is 45.3 Å². The molecule has 4 atom stereocenters. The van der Waals surface area contributed by atoms with Crippen LogP contribution in [-0.2, 0) is 0 Å². The van der Waals surface area contributed by atoms with Crippen LogP contribution in [0.15, 0.2) is 0 Å². The molecular weight excluding hydrogens is 220 g/mol. The average Bonchev–Trinajstić information content (AvgIpc) is 2.72. The second kappa shape index (κ2) is 6.38. The molecule has 0 aromatic heterocycles. The third kappa shape index (κ3) is 3.71. The summed E-state index contributed by atoms with van der Waals surface area (Å²) in [6, 6.07) is 0.777. The highest BCUT2D eigenvalue weighted by Gasteiger charge is 2.31. The number of hydrogen-bond acceptors (Lipinski definition) is 2. The number of hydrogen-bond donors (Lipinski definition) is 1. The predicted molar refractivity (Wildman–Crippen MR) is 78.7 cm³/mol. The van der Waals surface area contributed by atoms with E-state index in [1.54, 1.807) is 0 Å².